The molecule has 1 aromatic carbocycles. The molecule has 1 saturated heterocycles. The number of ether oxygens (including phenoxy) is 1. The highest BCUT2D eigenvalue weighted by Crippen LogP contribution is 2.30. The molecule has 1 aliphatic rings. The van der Waals surface area contributed by atoms with Crippen molar-refractivity contribution < 1.29 is 9.15 Å². The number of rotatable bonds is 4. The highest BCUT2D eigenvalue weighted by molar-refractivity contribution is 5.77. The van der Waals surface area contributed by atoms with Gasteiger partial charge in [-0.2, -0.15) is 0 Å². The van der Waals surface area contributed by atoms with Crippen LogP contribution in [0, 0.1) is 12.3 Å². The second-order valence-electron chi connectivity index (χ2n) is 5.44. The van der Waals surface area contributed by atoms with E-state index in [-0.39, 0.29) is 5.41 Å². The molecule has 0 bridgehead atoms. The fraction of sp³-hybridized carbons (Fsp3) is 0.500. The van der Waals surface area contributed by atoms with Crippen LogP contribution < -0.4 is 10.6 Å². The van der Waals surface area contributed by atoms with Crippen LogP contribution in [0.5, 0.6) is 0 Å². The third-order valence-electron chi connectivity index (χ3n) is 3.74. The Bertz CT molecular complexity index is 584. The van der Waals surface area contributed by atoms with E-state index in [4.69, 9.17) is 14.9 Å². The summed E-state index contributed by atoms with van der Waals surface area (Å²) < 4.78 is 10.9. The summed E-state index contributed by atoms with van der Waals surface area (Å²) in [5, 5.41) is 0. The number of hydrogen-bond donors (Lipinski definition) is 1. The third kappa shape index (κ3) is 2.19. The van der Waals surface area contributed by atoms with E-state index in [2.05, 4.69) is 23.0 Å². The van der Waals surface area contributed by atoms with E-state index in [1.165, 1.54) is 0 Å². The Kier molecular flexibility index (Phi) is 2.95. The average molecular weight is 261 g/mol. The molecule has 19 heavy (non-hydrogen) atoms. The van der Waals surface area contributed by atoms with Gasteiger partial charge in [-0.05, 0) is 12.1 Å². The summed E-state index contributed by atoms with van der Waals surface area (Å²) >= 11 is 0. The van der Waals surface area contributed by atoms with Gasteiger partial charge in [-0.3, -0.25) is 0 Å². The first-order valence-corrected chi connectivity index (χ1v) is 6.48. The van der Waals surface area contributed by atoms with Crippen LogP contribution in [-0.2, 0) is 4.74 Å². The molecule has 5 heteroatoms. The van der Waals surface area contributed by atoms with Crippen molar-refractivity contribution in [3.8, 4) is 0 Å². The maximum atomic E-state index is 5.85. The number of nitrogens with two attached hydrogens (primary N) is 1. The van der Waals surface area contributed by atoms with Crippen LogP contribution in [0.3, 0.4) is 0 Å². The third-order valence-corrected chi connectivity index (χ3v) is 3.74. The van der Waals surface area contributed by atoms with Crippen molar-refractivity contribution in [2.24, 2.45) is 11.1 Å². The molecule has 0 amide bonds. The number of nitrogens with zero attached hydrogens (tertiary/aromatic N) is 2. The number of fused-ring (bicyclic) bond motifs is 1. The van der Waals surface area contributed by atoms with Crippen LogP contribution in [0.1, 0.15) is 5.89 Å². The van der Waals surface area contributed by atoms with Gasteiger partial charge in [0.1, 0.15) is 5.52 Å². The Morgan fingerprint density at radius 3 is 2.84 bits per heavy atom. The molecule has 0 saturated carbocycles. The summed E-state index contributed by atoms with van der Waals surface area (Å²) in [5.41, 5.74) is 8.79. The van der Waals surface area contributed by atoms with Crippen molar-refractivity contribution in [3.63, 3.8) is 0 Å². The Labute approximate surface area is 112 Å². The smallest absolute Gasteiger partial charge is 0.192 e. The minimum Gasteiger partial charge on any atom is -0.441 e. The summed E-state index contributed by atoms with van der Waals surface area (Å²) in [7, 11) is 2.07. The molecule has 1 fully saturated rings. The normalized spacial score (nSPS) is 17.4. The van der Waals surface area contributed by atoms with Crippen LogP contribution in [0.4, 0.5) is 5.69 Å². The average Bonchev–Trinajstić information content (AvgIpc) is 2.72. The maximum absolute atomic E-state index is 5.85. The summed E-state index contributed by atoms with van der Waals surface area (Å²) in [5.74, 6) is 0.695. The maximum Gasteiger partial charge on any atom is 0.192 e. The van der Waals surface area contributed by atoms with Gasteiger partial charge in [-0.15, -0.1) is 0 Å². The SMILES string of the molecule is Cc1nc2ccc(N(C)CC3(CN)COC3)cc2o1. The summed E-state index contributed by atoms with van der Waals surface area (Å²) in [4.78, 5) is 6.51. The lowest BCUT2D eigenvalue weighted by molar-refractivity contribution is -0.101. The van der Waals surface area contributed by atoms with E-state index < -0.39 is 0 Å². The lowest BCUT2D eigenvalue weighted by atomic mass is 9.85. The minimum atomic E-state index is 0.0983. The van der Waals surface area contributed by atoms with Gasteiger partial charge in [0.05, 0.1) is 13.2 Å². The fourth-order valence-corrected chi connectivity index (χ4v) is 2.52. The molecule has 1 aliphatic heterocycles. The van der Waals surface area contributed by atoms with Gasteiger partial charge in [0.2, 0.25) is 0 Å². The van der Waals surface area contributed by atoms with Crippen molar-refractivity contribution >= 4 is 16.8 Å². The monoisotopic (exact) mass is 261 g/mol. The second kappa shape index (κ2) is 4.51. The Morgan fingerprint density at radius 2 is 2.21 bits per heavy atom. The van der Waals surface area contributed by atoms with E-state index in [1.807, 2.05) is 19.1 Å². The fourth-order valence-electron chi connectivity index (χ4n) is 2.52. The molecule has 0 radical (unpaired) electrons. The number of aromatic nitrogens is 1. The molecule has 2 aromatic rings. The summed E-state index contributed by atoms with van der Waals surface area (Å²) in [6, 6.07) is 6.08. The largest absolute Gasteiger partial charge is 0.441 e. The van der Waals surface area contributed by atoms with Gasteiger partial charge >= 0.3 is 0 Å². The highest BCUT2D eigenvalue weighted by Gasteiger charge is 2.38. The molecule has 1 aromatic heterocycles. The number of oxazole rings is 1. The van der Waals surface area contributed by atoms with Crippen molar-refractivity contribution in [3.05, 3.63) is 24.1 Å². The number of anilines is 1. The van der Waals surface area contributed by atoms with Crippen molar-refractivity contribution in [2.75, 3.05) is 38.3 Å². The van der Waals surface area contributed by atoms with Crippen molar-refractivity contribution in [2.45, 2.75) is 6.92 Å². The van der Waals surface area contributed by atoms with Gasteiger partial charge < -0.3 is 19.8 Å². The molecule has 2 heterocycles. The molecule has 0 spiro atoms. The molecule has 5 nitrogen and oxygen atoms in total. The topological polar surface area (TPSA) is 64.5 Å². The van der Waals surface area contributed by atoms with E-state index in [9.17, 15) is 0 Å². The molecule has 2 N–H and O–H groups in total. The standard InChI is InChI=1S/C14H19N3O2/c1-10-16-12-4-3-11(5-13(12)19-10)17(2)7-14(6-15)8-18-9-14/h3-5H,6-9,15H2,1-2H3. The highest BCUT2D eigenvalue weighted by atomic mass is 16.5. The first-order valence-electron chi connectivity index (χ1n) is 6.48. The molecule has 3 rings (SSSR count). The number of benzene rings is 1. The molecular formula is C14H19N3O2. The first-order chi connectivity index (χ1) is 9.12. The zero-order chi connectivity index (χ0) is 13.5. The first kappa shape index (κ1) is 12.4. The lowest BCUT2D eigenvalue weighted by Crippen LogP contribution is -2.54. The van der Waals surface area contributed by atoms with E-state index in [0.717, 1.165) is 36.5 Å². The molecule has 0 aliphatic carbocycles. The van der Waals surface area contributed by atoms with Crippen LogP contribution in [-0.4, -0.2) is 38.3 Å². The van der Waals surface area contributed by atoms with Crippen LogP contribution in [0.15, 0.2) is 22.6 Å². The van der Waals surface area contributed by atoms with Crippen molar-refractivity contribution in [1.82, 2.24) is 4.98 Å². The number of aryl methyl sites for hydroxylation is 1. The van der Waals surface area contributed by atoms with Gasteiger partial charge in [-0.1, -0.05) is 0 Å². The molecule has 0 atom stereocenters. The van der Waals surface area contributed by atoms with E-state index in [0.29, 0.717) is 12.4 Å². The Balaban J connectivity index is 1.82. The predicted molar refractivity (Wildman–Crippen MR) is 74.3 cm³/mol. The molecule has 102 valence electrons. The van der Waals surface area contributed by atoms with Gasteiger partial charge in [-0.25, -0.2) is 4.98 Å². The molecular weight excluding hydrogens is 242 g/mol. The predicted octanol–water partition coefficient (Wildman–Crippen LogP) is 1.55. The van der Waals surface area contributed by atoms with Crippen LogP contribution >= 0.6 is 0 Å². The van der Waals surface area contributed by atoms with Gasteiger partial charge in [0, 0.05) is 44.2 Å². The van der Waals surface area contributed by atoms with E-state index >= 15 is 0 Å². The lowest BCUT2D eigenvalue weighted by Gasteiger charge is -2.43. The van der Waals surface area contributed by atoms with Crippen molar-refractivity contribution in [1.29, 1.82) is 0 Å². The number of hydrogen-bond acceptors (Lipinski definition) is 5. The molecule has 0 unspecified atom stereocenters. The van der Waals surface area contributed by atoms with Crippen LogP contribution in [0.2, 0.25) is 0 Å². The van der Waals surface area contributed by atoms with E-state index in [1.54, 1.807) is 0 Å². The second-order valence-corrected chi connectivity index (χ2v) is 5.44. The summed E-state index contributed by atoms with van der Waals surface area (Å²) in [6.45, 7) is 4.90. The zero-order valence-corrected chi connectivity index (χ0v) is 11.3. The zero-order valence-electron chi connectivity index (χ0n) is 11.3. The van der Waals surface area contributed by atoms with Crippen LogP contribution in [0.25, 0.3) is 11.1 Å². The Morgan fingerprint density at radius 1 is 1.42 bits per heavy atom. The quantitative estimate of drug-likeness (QED) is 0.904. The van der Waals surface area contributed by atoms with Gasteiger partial charge in [0.15, 0.2) is 11.5 Å². The minimum absolute atomic E-state index is 0.0983. The van der Waals surface area contributed by atoms with Gasteiger partial charge in [0.25, 0.3) is 0 Å². The Hall–Kier alpha value is -1.59. The summed E-state index contributed by atoms with van der Waals surface area (Å²) in [6.07, 6.45) is 0.